The molecular weight excluding hydrogens is 340 g/mol. The summed E-state index contributed by atoms with van der Waals surface area (Å²) < 4.78 is 0. The number of carbonyl (C=O) groups excluding carboxylic acids is 3. The third kappa shape index (κ3) is 1.99. The Morgan fingerprint density at radius 3 is 2.44 bits per heavy atom. The fourth-order valence-electron chi connectivity index (χ4n) is 3.88. The summed E-state index contributed by atoms with van der Waals surface area (Å²) in [4.78, 5) is 40.4. The van der Waals surface area contributed by atoms with E-state index in [1.54, 1.807) is 24.3 Å². The van der Waals surface area contributed by atoms with Gasteiger partial charge < -0.3 is 4.90 Å². The smallest absolute Gasteiger partial charge is 0.301 e. The van der Waals surface area contributed by atoms with Crippen LogP contribution in [0, 0.1) is 0 Å². The second kappa shape index (κ2) is 5.43. The van der Waals surface area contributed by atoms with Crippen LogP contribution in [-0.2, 0) is 21.5 Å². The number of halogens is 1. The fraction of sp³-hybridized carbons (Fsp3) is 0.211. The Morgan fingerprint density at radius 2 is 1.76 bits per heavy atom. The van der Waals surface area contributed by atoms with Crippen LogP contribution >= 0.6 is 11.6 Å². The number of urea groups is 1. The highest BCUT2D eigenvalue weighted by Crippen LogP contribution is 2.47. The molecule has 0 spiro atoms. The maximum absolute atomic E-state index is 13.4. The molecule has 0 aromatic heterocycles. The monoisotopic (exact) mass is 354 g/mol. The van der Waals surface area contributed by atoms with Crippen molar-refractivity contribution in [2.24, 2.45) is 0 Å². The summed E-state index contributed by atoms with van der Waals surface area (Å²) in [6.45, 7) is 1.60. The van der Waals surface area contributed by atoms with Gasteiger partial charge in [-0.2, -0.15) is 4.90 Å². The molecule has 0 bridgehead atoms. The Hall–Kier alpha value is -2.66. The van der Waals surface area contributed by atoms with Crippen LogP contribution in [0.2, 0.25) is 5.02 Å². The first-order chi connectivity index (χ1) is 12.0. The normalized spacial score (nSPS) is 22.0. The van der Waals surface area contributed by atoms with Crippen LogP contribution in [-0.4, -0.2) is 34.2 Å². The lowest BCUT2D eigenvalue weighted by molar-refractivity contribution is -0.140. The zero-order chi connectivity index (χ0) is 17.8. The molecule has 1 fully saturated rings. The van der Waals surface area contributed by atoms with Gasteiger partial charge in [-0.05, 0) is 35.2 Å². The SMILES string of the molecule is CC(=O)N1C(=O)N2CCc3ccccc3[C@@]2(c2ccc(Cl)cc2)C1=O. The highest BCUT2D eigenvalue weighted by Gasteiger charge is 2.62. The van der Waals surface area contributed by atoms with Gasteiger partial charge in [0.25, 0.3) is 5.91 Å². The van der Waals surface area contributed by atoms with Crippen LogP contribution in [0.5, 0.6) is 0 Å². The van der Waals surface area contributed by atoms with E-state index in [2.05, 4.69) is 0 Å². The molecule has 126 valence electrons. The van der Waals surface area contributed by atoms with Crippen molar-refractivity contribution >= 4 is 29.4 Å². The molecule has 2 aromatic carbocycles. The maximum Gasteiger partial charge on any atom is 0.335 e. The van der Waals surface area contributed by atoms with Crippen LogP contribution in [0.4, 0.5) is 4.79 Å². The molecule has 1 atom stereocenters. The molecule has 0 saturated carbocycles. The Kier molecular flexibility index (Phi) is 3.44. The first kappa shape index (κ1) is 15.8. The first-order valence-electron chi connectivity index (χ1n) is 7.99. The summed E-state index contributed by atoms with van der Waals surface area (Å²) in [6.07, 6.45) is 0.635. The lowest BCUT2D eigenvalue weighted by atomic mass is 9.76. The minimum atomic E-state index is -1.32. The predicted molar refractivity (Wildman–Crippen MR) is 92.0 cm³/mol. The molecule has 0 aliphatic carbocycles. The summed E-state index contributed by atoms with van der Waals surface area (Å²) in [7, 11) is 0. The number of benzene rings is 2. The standard InChI is InChI=1S/C19H15ClN2O3/c1-12(23)22-17(24)19(14-6-8-15(20)9-7-14)16-5-3-2-4-13(16)10-11-21(19)18(22)25/h2-9H,10-11H2,1H3/t19-/m0/s1. The van der Waals surface area contributed by atoms with Crippen molar-refractivity contribution in [1.29, 1.82) is 0 Å². The van der Waals surface area contributed by atoms with E-state index < -0.39 is 23.4 Å². The molecule has 6 heteroatoms. The number of imide groups is 3. The third-order valence-electron chi connectivity index (χ3n) is 4.93. The van der Waals surface area contributed by atoms with Crippen molar-refractivity contribution in [3.63, 3.8) is 0 Å². The van der Waals surface area contributed by atoms with Gasteiger partial charge in [0.2, 0.25) is 5.91 Å². The molecule has 2 aliphatic rings. The molecule has 4 amide bonds. The molecule has 0 unspecified atom stereocenters. The second-order valence-electron chi connectivity index (χ2n) is 6.22. The van der Waals surface area contributed by atoms with Gasteiger partial charge in [0.15, 0.2) is 5.54 Å². The van der Waals surface area contributed by atoms with E-state index in [1.807, 2.05) is 24.3 Å². The fourth-order valence-corrected chi connectivity index (χ4v) is 4.01. The minimum Gasteiger partial charge on any atom is -0.301 e. The van der Waals surface area contributed by atoms with E-state index in [-0.39, 0.29) is 0 Å². The lowest BCUT2D eigenvalue weighted by Gasteiger charge is -2.41. The molecule has 25 heavy (non-hydrogen) atoms. The lowest BCUT2D eigenvalue weighted by Crippen LogP contribution is -2.52. The van der Waals surface area contributed by atoms with Crippen LogP contribution in [0.25, 0.3) is 0 Å². The highest BCUT2D eigenvalue weighted by molar-refractivity contribution is 6.30. The van der Waals surface area contributed by atoms with Crippen LogP contribution in [0.1, 0.15) is 23.6 Å². The average molecular weight is 355 g/mol. The quantitative estimate of drug-likeness (QED) is 0.740. The van der Waals surface area contributed by atoms with Gasteiger partial charge in [-0.3, -0.25) is 9.59 Å². The number of nitrogens with zero attached hydrogens (tertiary/aromatic N) is 2. The Morgan fingerprint density at radius 1 is 1.08 bits per heavy atom. The second-order valence-corrected chi connectivity index (χ2v) is 6.65. The summed E-state index contributed by atoms with van der Waals surface area (Å²) >= 11 is 6.01. The number of rotatable bonds is 1. The van der Waals surface area contributed by atoms with Gasteiger partial charge in [-0.15, -0.1) is 0 Å². The Balaban J connectivity index is 2.05. The van der Waals surface area contributed by atoms with Gasteiger partial charge in [0, 0.05) is 18.5 Å². The maximum atomic E-state index is 13.4. The van der Waals surface area contributed by atoms with Gasteiger partial charge in [0.05, 0.1) is 0 Å². The highest BCUT2D eigenvalue weighted by atomic mass is 35.5. The number of hydrogen-bond donors (Lipinski definition) is 0. The Labute approximate surface area is 149 Å². The molecule has 0 radical (unpaired) electrons. The van der Waals surface area contributed by atoms with Crippen molar-refractivity contribution in [2.45, 2.75) is 18.9 Å². The third-order valence-corrected chi connectivity index (χ3v) is 5.18. The van der Waals surface area contributed by atoms with E-state index in [9.17, 15) is 14.4 Å². The zero-order valence-electron chi connectivity index (χ0n) is 13.5. The van der Waals surface area contributed by atoms with Crippen LogP contribution < -0.4 is 0 Å². The van der Waals surface area contributed by atoms with E-state index in [0.29, 0.717) is 23.6 Å². The predicted octanol–water partition coefficient (Wildman–Crippen LogP) is 2.95. The molecular formula is C19H15ClN2O3. The minimum absolute atomic E-state index is 0.369. The topological polar surface area (TPSA) is 57.7 Å². The summed E-state index contributed by atoms with van der Waals surface area (Å²) in [5.74, 6) is -1.10. The molecule has 2 heterocycles. The summed E-state index contributed by atoms with van der Waals surface area (Å²) in [5.41, 5.74) is 1.06. The van der Waals surface area contributed by atoms with Gasteiger partial charge in [-0.25, -0.2) is 4.79 Å². The van der Waals surface area contributed by atoms with Crippen molar-refractivity contribution in [2.75, 3.05) is 6.54 Å². The van der Waals surface area contributed by atoms with Crippen LogP contribution in [0.15, 0.2) is 48.5 Å². The van der Waals surface area contributed by atoms with Crippen molar-refractivity contribution < 1.29 is 14.4 Å². The van der Waals surface area contributed by atoms with E-state index in [0.717, 1.165) is 16.0 Å². The first-order valence-corrected chi connectivity index (χ1v) is 8.37. The van der Waals surface area contributed by atoms with Crippen molar-refractivity contribution in [1.82, 2.24) is 9.80 Å². The van der Waals surface area contributed by atoms with E-state index in [1.165, 1.54) is 11.8 Å². The number of carbonyl (C=O) groups is 3. The molecule has 2 aromatic rings. The molecule has 4 rings (SSSR count). The van der Waals surface area contributed by atoms with Crippen LogP contribution in [0.3, 0.4) is 0 Å². The van der Waals surface area contributed by atoms with Crippen molar-refractivity contribution in [3.05, 3.63) is 70.2 Å². The Bertz CT molecular complexity index is 909. The number of hydrogen-bond acceptors (Lipinski definition) is 3. The molecule has 1 saturated heterocycles. The zero-order valence-corrected chi connectivity index (χ0v) is 14.3. The number of amides is 4. The molecule has 0 N–H and O–H groups in total. The van der Waals surface area contributed by atoms with Crippen molar-refractivity contribution in [3.8, 4) is 0 Å². The molecule has 5 nitrogen and oxygen atoms in total. The largest absolute Gasteiger partial charge is 0.335 e. The average Bonchev–Trinajstić information content (AvgIpc) is 2.84. The number of fused-ring (bicyclic) bond motifs is 3. The van der Waals surface area contributed by atoms with Gasteiger partial charge in [0.1, 0.15) is 0 Å². The summed E-state index contributed by atoms with van der Waals surface area (Å²) in [5, 5.41) is 0.538. The van der Waals surface area contributed by atoms with E-state index in [4.69, 9.17) is 11.6 Å². The van der Waals surface area contributed by atoms with E-state index >= 15 is 0 Å². The molecule has 2 aliphatic heterocycles. The summed E-state index contributed by atoms with van der Waals surface area (Å²) in [6, 6.07) is 13.9. The van der Waals surface area contributed by atoms with Gasteiger partial charge >= 0.3 is 6.03 Å². The van der Waals surface area contributed by atoms with Gasteiger partial charge in [-0.1, -0.05) is 48.0 Å².